The zero-order valence-corrected chi connectivity index (χ0v) is 13.3. The van der Waals surface area contributed by atoms with Crippen molar-refractivity contribution in [3.63, 3.8) is 0 Å². The van der Waals surface area contributed by atoms with Crippen LogP contribution in [0.1, 0.15) is 5.56 Å². The highest BCUT2D eigenvalue weighted by Gasteiger charge is 2.11. The first-order valence-corrected chi connectivity index (χ1v) is 8.13. The van der Waals surface area contributed by atoms with Gasteiger partial charge in [-0.2, -0.15) is 0 Å². The lowest BCUT2D eigenvalue weighted by atomic mass is 10.2. The fourth-order valence-corrected chi connectivity index (χ4v) is 3.14. The maximum absolute atomic E-state index is 12.9. The van der Waals surface area contributed by atoms with Crippen molar-refractivity contribution in [2.24, 2.45) is 0 Å². The Labute approximate surface area is 141 Å². The lowest BCUT2D eigenvalue weighted by Gasteiger charge is -2.02. The highest BCUT2D eigenvalue weighted by atomic mass is 32.1. The van der Waals surface area contributed by atoms with Crippen molar-refractivity contribution in [2.45, 2.75) is 6.54 Å². The summed E-state index contributed by atoms with van der Waals surface area (Å²) < 4.78 is 14.7. The SMILES string of the molecule is Oc1ccc(-c2cnc3sc(NCc4ccc(F)cc4)nn23)cc1. The average Bonchev–Trinajstić information content (AvgIpc) is 3.15. The van der Waals surface area contributed by atoms with Gasteiger partial charge in [-0.15, -0.1) is 5.10 Å². The Kier molecular flexibility index (Phi) is 3.62. The maximum atomic E-state index is 12.9. The molecule has 0 saturated heterocycles. The minimum atomic E-state index is -0.245. The molecule has 0 spiro atoms. The van der Waals surface area contributed by atoms with Gasteiger partial charge in [0.25, 0.3) is 0 Å². The molecule has 0 bridgehead atoms. The van der Waals surface area contributed by atoms with Gasteiger partial charge in [-0.1, -0.05) is 23.5 Å². The van der Waals surface area contributed by atoms with E-state index in [0.29, 0.717) is 6.54 Å². The van der Waals surface area contributed by atoms with Crippen molar-refractivity contribution >= 4 is 21.4 Å². The van der Waals surface area contributed by atoms with Crippen LogP contribution in [-0.2, 0) is 6.54 Å². The normalized spacial score (nSPS) is 11.0. The van der Waals surface area contributed by atoms with Crippen LogP contribution in [0.5, 0.6) is 5.75 Å². The van der Waals surface area contributed by atoms with Crippen LogP contribution >= 0.6 is 11.3 Å². The number of nitrogens with zero attached hydrogens (tertiary/aromatic N) is 3. The summed E-state index contributed by atoms with van der Waals surface area (Å²) in [6.45, 7) is 0.561. The molecular formula is C17H13FN4OS. The lowest BCUT2D eigenvalue weighted by molar-refractivity contribution is 0.475. The quantitative estimate of drug-likeness (QED) is 0.591. The number of imidazole rings is 1. The number of phenols is 1. The van der Waals surface area contributed by atoms with Gasteiger partial charge in [-0.3, -0.25) is 0 Å². The zero-order valence-electron chi connectivity index (χ0n) is 12.5. The molecule has 0 radical (unpaired) electrons. The third kappa shape index (κ3) is 2.81. The number of benzene rings is 2. The average molecular weight is 340 g/mol. The van der Waals surface area contributed by atoms with E-state index < -0.39 is 0 Å². The van der Waals surface area contributed by atoms with Crippen molar-refractivity contribution in [2.75, 3.05) is 5.32 Å². The van der Waals surface area contributed by atoms with Gasteiger partial charge in [0.2, 0.25) is 10.1 Å². The van der Waals surface area contributed by atoms with E-state index in [0.717, 1.165) is 26.9 Å². The molecule has 5 nitrogen and oxygen atoms in total. The minimum Gasteiger partial charge on any atom is -0.508 e. The molecule has 0 aliphatic rings. The number of anilines is 1. The van der Waals surface area contributed by atoms with Crippen LogP contribution in [0.25, 0.3) is 16.2 Å². The van der Waals surface area contributed by atoms with E-state index in [1.807, 2.05) is 12.1 Å². The third-order valence-corrected chi connectivity index (χ3v) is 4.49. The fraction of sp³-hybridized carbons (Fsp3) is 0.0588. The Morgan fingerprint density at radius 3 is 2.58 bits per heavy atom. The molecule has 2 N–H and O–H groups in total. The molecule has 24 heavy (non-hydrogen) atoms. The van der Waals surface area contributed by atoms with Gasteiger partial charge in [0.1, 0.15) is 11.6 Å². The predicted octanol–water partition coefficient (Wildman–Crippen LogP) is 3.91. The smallest absolute Gasteiger partial charge is 0.214 e. The summed E-state index contributed by atoms with van der Waals surface area (Å²) in [5.41, 5.74) is 2.76. The molecule has 0 amide bonds. The number of phenolic OH excluding ortho intramolecular Hbond substituents is 1. The summed E-state index contributed by atoms with van der Waals surface area (Å²) in [5.74, 6) is -0.0237. The van der Waals surface area contributed by atoms with Crippen LogP contribution in [0.15, 0.2) is 54.7 Å². The Bertz CT molecular complexity index is 976. The number of hydrogen-bond donors (Lipinski definition) is 2. The monoisotopic (exact) mass is 340 g/mol. The van der Waals surface area contributed by atoms with E-state index in [-0.39, 0.29) is 11.6 Å². The minimum absolute atomic E-state index is 0.222. The van der Waals surface area contributed by atoms with Gasteiger partial charge in [-0.25, -0.2) is 13.9 Å². The summed E-state index contributed by atoms with van der Waals surface area (Å²) in [6, 6.07) is 13.3. The maximum Gasteiger partial charge on any atom is 0.214 e. The molecule has 0 aliphatic heterocycles. The van der Waals surface area contributed by atoms with Crippen molar-refractivity contribution in [1.82, 2.24) is 14.6 Å². The number of aromatic hydroxyl groups is 1. The summed E-state index contributed by atoms with van der Waals surface area (Å²) in [4.78, 5) is 5.15. The number of hydrogen-bond acceptors (Lipinski definition) is 5. The molecule has 120 valence electrons. The zero-order chi connectivity index (χ0) is 16.5. The van der Waals surface area contributed by atoms with Gasteiger partial charge >= 0.3 is 0 Å². The van der Waals surface area contributed by atoms with E-state index in [9.17, 15) is 9.50 Å². The molecule has 2 heterocycles. The summed E-state index contributed by atoms with van der Waals surface area (Å²) >= 11 is 1.44. The molecule has 7 heteroatoms. The molecule has 0 fully saturated rings. The second-order valence-corrected chi connectivity index (χ2v) is 6.23. The Balaban J connectivity index is 1.57. The van der Waals surface area contributed by atoms with E-state index >= 15 is 0 Å². The summed E-state index contributed by atoms with van der Waals surface area (Å²) in [7, 11) is 0. The third-order valence-electron chi connectivity index (χ3n) is 3.61. The largest absolute Gasteiger partial charge is 0.508 e. The molecule has 2 aromatic heterocycles. The summed E-state index contributed by atoms with van der Waals surface area (Å²) in [6.07, 6.45) is 1.76. The van der Waals surface area contributed by atoms with Crippen molar-refractivity contribution in [3.05, 3.63) is 66.1 Å². The van der Waals surface area contributed by atoms with Gasteiger partial charge in [0.05, 0.1) is 11.9 Å². The molecule has 0 saturated carbocycles. The van der Waals surface area contributed by atoms with Crippen LogP contribution in [0.4, 0.5) is 9.52 Å². The van der Waals surface area contributed by atoms with E-state index in [1.54, 1.807) is 35.0 Å². The van der Waals surface area contributed by atoms with E-state index in [4.69, 9.17) is 0 Å². The Morgan fingerprint density at radius 2 is 1.83 bits per heavy atom. The standard InChI is InChI=1S/C17H13FN4OS/c18-13-5-1-11(2-6-13)9-19-16-21-22-15(10-20-17(22)24-16)12-3-7-14(23)8-4-12/h1-8,10,23H,9H2,(H,19,21). The van der Waals surface area contributed by atoms with Gasteiger partial charge in [0, 0.05) is 12.1 Å². The molecule has 2 aromatic carbocycles. The number of aromatic nitrogens is 3. The van der Waals surface area contributed by atoms with Crippen LogP contribution in [-0.4, -0.2) is 19.7 Å². The first-order valence-electron chi connectivity index (χ1n) is 7.31. The number of rotatable bonds is 4. The van der Waals surface area contributed by atoms with Crippen LogP contribution in [0, 0.1) is 5.82 Å². The highest BCUT2D eigenvalue weighted by Crippen LogP contribution is 2.27. The van der Waals surface area contributed by atoms with Gasteiger partial charge < -0.3 is 10.4 Å². The number of fused-ring (bicyclic) bond motifs is 1. The van der Waals surface area contributed by atoms with Gasteiger partial charge in [0.15, 0.2) is 0 Å². The van der Waals surface area contributed by atoms with Crippen molar-refractivity contribution < 1.29 is 9.50 Å². The number of halogens is 1. The van der Waals surface area contributed by atoms with Crippen LogP contribution < -0.4 is 5.32 Å². The van der Waals surface area contributed by atoms with Crippen molar-refractivity contribution in [3.8, 4) is 17.0 Å². The van der Waals surface area contributed by atoms with Gasteiger partial charge in [-0.05, 0) is 42.0 Å². The first-order chi connectivity index (χ1) is 11.7. The molecule has 0 aliphatic carbocycles. The Hall–Kier alpha value is -2.93. The Morgan fingerprint density at radius 1 is 1.08 bits per heavy atom. The summed E-state index contributed by atoms with van der Waals surface area (Å²) in [5, 5.41) is 17.9. The molecule has 4 rings (SSSR count). The lowest BCUT2D eigenvalue weighted by Crippen LogP contribution is -2.00. The van der Waals surface area contributed by atoms with E-state index in [1.165, 1.54) is 23.5 Å². The fourth-order valence-electron chi connectivity index (χ4n) is 2.37. The number of nitrogens with one attached hydrogen (secondary N) is 1. The first kappa shape index (κ1) is 14.6. The van der Waals surface area contributed by atoms with Crippen molar-refractivity contribution in [1.29, 1.82) is 0 Å². The predicted molar refractivity (Wildman–Crippen MR) is 91.7 cm³/mol. The van der Waals surface area contributed by atoms with E-state index in [2.05, 4.69) is 15.4 Å². The molecule has 0 unspecified atom stereocenters. The second-order valence-electron chi connectivity index (χ2n) is 5.27. The van der Waals surface area contributed by atoms with Crippen LogP contribution in [0.3, 0.4) is 0 Å². The molecular weight excluding hydrogens is 327 g/mol. The highest BCUT2D eigenvalue weighted by molar-refractivity contribution is 7.20. The topological polar surface area (TPSA) is 62.5 Å². The van der Waals surface area contributed by atoms with Crippen LogP contribution in [0.2, 0.25) is 0 Å². The second kappa shape index (κ2) is 5.93. The molecule has 4 aromatic rings. The molecule has 0 atom stereocenters.